The second-order valence-electron chi connectivity index (χ2n) is 6.20. The van der Waals surface area contributed by atoms with Gasteiger partial charge in [-0.15, -0.1) is 0 Å². The molecule has 2 bridgehead atoms. The number of aromatic nitrogens is 3. The van der Waals surface area contributed by atoms with E-state index < -0.39 is 0 Å². The first-order chi connectivity index (χ1) is 11.1. The molecule has 120 valence electrons. The van der Waals surface area contributed by atoms with Crippen molar-refractivity contribution >= 4 is 33.4 Å². The number of piperidine rings is 1. The monoisotopic (exact) mass is 394 g/mol. The van der Waals surface area contributed by atoms with Crippen molar-refractivity contribution in [3.63, 3.8) is 0 Å². The molecule has 0 saturated carbocycles. The lowest BCUT2D eigenvalue weighted by molar-refractivity contribution is 0.0512. The van der Waals surface area contributed by atoms with Crippen LogP contribution in [0.4, 0.5) is 0 Å². The molecular formula is C16H16BrClN4O. The minimum absolute atomic E-state index is 0.0377. The molecule has 0 N–H and O–H groups in total. The van der Waals surface area contributed by atoms with Crippen LogP contribution in [0.3, 0.4) is 0 Å². The van der Waals surface area contributed by atoms with Crippen molar-refractivity contribution in [1.82, 2.24) is 19.9 Å². The van der Waals surface area contributed by atoms with E-state index in [1.807, 2.05) is 17.0 Å². The Kier molecular flexibility index (Phi) is 3.89. The highest BCUT2D eigenvalue weighted by atomic mass is 79.9. The molecule has 0 spiro atoms. The summed E-state index contributed by atoms with van der Waals surface area (Å²) in [6, 6.07) is 6.19. The maximum atomic E-state index is 13.0. The highest BCUT2D eigenvalue weighted by molar-refractivity contribution is 9.10. The normalized spacial score (nSPS) is 26.5. The molecule has 0 radical (unpaired) electrons. The number of nitrogens with zero attached hydrogens (tertiary/aromatic N) is 4. The predicted octanol–water partition coefficient (Wildman–Crippen LogP) is 3.70. The van der Waals surface area contributed by atoms with Gasteiger partial charge < -0.3 is 4.90 Å². The maximum Gasteiger partial charge on any atom is 0.255 e. The molecule has 4 rings (SSSR count). The van der Waals surface area contributed by atoms with Gasteiger partial charge in [-0.1, -0.05) is 27.5 Å². The second kappa shape index (κ2) is 5.91. The van der Waals surface area contributed by atoms with Gasteiger partial charge in [0.05, 0.1) is 29.0 Å². The number of halogens is 2. The Bertz CT molecular complexity index is 722. The van der Waals surface area contributed by atoms with Crippen molar-refractivity contribution in [3.8, 4) is 0 Å². The number of carbonyl (C=O) groups is 1. The summed E-state index contributed by atoms with van der Waals surface area (Å²) in [6.45, 7) is 0. The molecule has 2 atom stereocenters. The van der Waals surface area contributed by atoms with Crippen molar-refractivity contribution in [2.75, 3.05) is 0 Å². The SMILES string of the molecule is O=C(c1cc(Br)ccc1Cl)N1[C@H]2CC[C@H]1CC(n1nccn1)C2. The van der Waals surface area contributed by atoms with E-state index in [2.05, 4.69) is 26.1 Å². The summed E-state index contributed by atoms with van der Waals surface area (Å²) in [4.78, 5) is 16.8. The molecule has 7 heteroatoms. The number of amides is 1. The third-order valence-corrected chi connectivity index (χ3v) is 5.69. The van der Waals surface area contributed by atoms with Crippen LogP contribution in [-0.4, -0.2) is 37.9 Å². The number of benzene rings is 1. The quantitative estimate of drug-likeness (QED) is 0.779. The van der Waals surface area contributed by atoms with Gasteiger partial charge in [-0.05, 0) is 43.9 Å². The molecule has 1 aromatic carbocycles. The first kappa shape index (κ1) is 15.1. The molecule has 2 aliphatic heterocycles. The van der Waals surface area contributed by atoms with Crippen molar-refractivity contribution < 1.29 is 4.79 Å². The van der Waals surface area contributed by atoms with E-state index in [-0.39, 0.29) is 24.0 Å². The highest BCUT2D eigenvalue weighted by Gasteiger charge is 2.44. The Hall–Kier alpha value is -1.40. The van der Waals surface area contributed by atoms with E-state index >= 15 is 0 Å². The van der Waals surface area contributed by atoms with Crippen LogP contribution >= 0.6 is 27.5 Å². The summed E-state index contributed by atoms with van der Waals surface area (Å²) in [7, 11) is 0. The molecule has 0 unspecified atom stereocenters. The molecule has 5 nitrogen and oxygen atoms in total. The Morgan fingerprint density at radius 2 is 1.78 bits per heavy atom. The smallest absolute Gasteiger partial charge is 0.255 e. The minimum Gasteiger partial charge on any atom is -0.332 e. The highest BCUT2D eigenvalue weighted by Crippen LogP contribution is 2.41. The second-order valence-corrected chi connectivity index (χ2v) is 7.52. The number of rotatable bonds is 2. The molecule has 2 fully saturated rings. The molecule has 1 amide bonds. The topological polar surface area (TPSA) is 51.0 Å². The fourth-order valence-corrected chi connectivity index (χ4v) is 4.44. The van der Waals surface area contributed by atoms with E-state index in [0.29, 0.717) is 10.6 Å². The lowest BCUT2D eigenvalue weighted by Gasteiger charge is -2.38. The Morgan fingerprint density at radius 1 is 1.13 bits per heavy atom. The van der Waals surface area contributed by atoms with Gasteiger partial charge in [0.2, 0.25) is 0 Å². The van der Waals surface area contributed by atoms with Gasteiger partial charge in [0.1, 0.15) is 0 Å². The van der Waals surface area contributed by atoms with Gasteiger partial charge in [0.25, 0.3) is 5.91 Å². The van der Waals surface area contributed by atoms with E-state index in [0.717, 1.165) is 30.2 Å². The average molecular weight is 396 g/mol. The third-order valence-electron chi connectivity index (χ3n) is 4.86. The lowest BCUT2D eigenvalue weighted by Crippen LogP contribution is -2.47. The molecule has 2 aromatic rings. The first-order valence-corrected chi connectivity index (χ1v) is 8.94. The van der Waals surface area contributed by atoms with Crippen molar-refractivity contribution in [2.45, 2.75) is 43.8 Å². The van der Waals surface area contributed by atoms with Crippen molar-refractivity contribution in [2.24, 2.45) is 0 Å². The maximum absolute atomic E-state index is 13.0. The Balaban J connectivity index is 1.59. The predicted molar refractivity (Wildman–Crippen MR) is 90.4 cm³/mol. The van der Waals surface area contributed by atoms with Crippen LogP contribution in [0.15, 0.2) is 35.1 Å². The summed E-state index contributed by atoms with van der Waals surface area (Å²) in [5.74, 6) is 0.0377. The largest absolute Gasteiger partial charge is 0.332 e. The fourth-order valence-electron chi connectivity index (χ4n) is 3.88. The van der Waals surface area contributed by atoms with E-state index in [4.69, 9.17) is 11.6 Å². The standard InChI is InChI=1S/C16H16BrClN4O/c17-10-1-4-15(18)14(7-10)16(23)21-11-2-3-12(21)9-13(8-11)22-19-5-6-20-22/h1,4-7,11-13H,2-3,8-9H2/t11-,12-/m0/s1. The van der Waals surface area contributed by atoms with Gasteiger partial charge in [-0.3, -0.25) is 4.79 Å². The first-order valence-electron chi connectivity index (χ1n) is 7.77. The van der Waals surface area contributed by atoms with Gasteiger partial charge in [-0.2, -0.15) is 15.0 Å². The zero-order valence-corrected chi connectivity index (χ0v) is 14.7. The van der Waals surface area contributed by atoms with Gasteiger partial charge in [0, 0.05) is 16.6 Å². The van der Waals surface area contributed by atoms with Crippen molar-refractivity contribution in [3.05, 3.63) is 45.7 Å². The van der Waals surface area contributed by atoms with Crippen LogP contribution in [-0.2, 0) is 0 Å². The van der Waals surface area contributed by atoms with Crippen LogP contribution < -0.4 is 0 Å². The van der Waals surface area contributed by atoms with E-state index in [1.165, 1.54) is 0 Å². The van der Waals surface area contributed by atoms with Crippen LogP contribution in [0.1, 0.15) is 42.1 Å². The summed E-state index contributed by atoms with van der Waals surface area (Å²) in [6.07, 6.45) is 7.31. The summed E-state index contributed by atoms with van der Waals surface area (Å²) >= 11 is 9.66. The number of fused-ring (bicyclic) bond motifs is 2. The average Bonchev–Trinajstić information content (AvgIpc) is 3.16. The molecular weight excluding hydrogens is 380 g/mol. The van der Waals surface area contributed by atoms with Gasteiger partial charge in [0.15, 0.2) is 0 Å². The third kappa shape index (κ3) is 2.68. The molecule has 2 saturated heterocycles. The lowest BCUT2D eigenvalue weighted by atomic mass is 9.96. The molecule has 2 aliphatic rings. The number of hydrogen-bond acceptors (Lipinski definition) is 3. The van der Waals surface area contributed by atoms with Crippen LogP contribution in [0.5, 0.6) is 0 Å². The zero-order chi connectivity index (χ0) is 16.0. The van der Waals surface area contributed by atoms with Crippen LogP contribution in [0.25, 0.3) is 0 Å². The Morgan fingerprint density at radius 3 is 2.43 bits per heavy atom. The molecule has 3 heterocycles. The minimum atomic E-state index is 0.0377. The molecule has 23 heavy (non-hydrogen) atoms. The summed E-state index contributed by atoms with van der Waals surface area (Å²) < 4.78 is 0.869. The summed E-state index contributed by atoms with van der Waals surface area (Å²) in [5, 5.41) is 9.04. The molecule has 1 aromatic heterocycles. The zero-order valence-electron chi connectivity index (χ0n) is 12.4. The van der Waals surface area contributed by atoms with Crippen molar-refractivity contribution in [1.29, 1.82) is 0 Å². The van der Waals surface area contributed by atoms with Crippen LogP contribution in [0.2, 0.25) is 5.02 Å². The van der Waals surface area contributed by atoms with E-state index in [9.17, 15) is 4.79 Å². The number of carbonyl (C=O) groups excluding carboxylic acids is 1. The fraction of sp³-hybridized carbons (Fsp3) is 0.438. The van der Waals surface area contributed by atoms with Gasteiger partial charge >= 0.3 is 0 Å². The van der Waals surface area contributed by atoms with Crippen LogP contribution in [0, 0.1) is 0 Å². The Labute approximate surface area is 147 Å². The summed E-state index contributed by atoms with van der Waals surface area (Å²) in [5.41, 5.74) is 0.577. The number of hydrogen-bond donors (Lipinski definition) is 0. The van der Waals surface area contributed by atoms with Gasteiger partial charge in [-0.25, -0.2) is 0 Å². The molecule has 0 aliphatic carbocycles. The van der Waals surface area contributed by atoms with E-state index in [1.54, 1.807) is 23.3 Å².